The minimum atomic E-state index is -0.265. The van der Waals surface area contributed by atoms with Gasteiger partial charge < -0.3 is 0 Å². The van der Waals surface area contributed by atoms with Crippen LogP contribution in [-0.4, -0.2) is 10.9 Å². The number of benzene rings is 2. The van der Waals surface area contributed by atoms with Crippen LogP contribution in [0.25, 0.3) is 11.3 Å². The molecule has 6 heteroatoms. The van der Waals surface area contributed by atoms with Crippen molar-refractivity contribution in [2.45, 2.75) is 12.8 Å². The molecular formula is C18H12Cl2N2OS. The number of aromatic nitrogens is 1. The molecule has 3 nitrogen and oxygen atoms in total. The molecule has 0 bridgehead atoms. The summed E-state index contributed by atoms with van der Waals surface area (Å²) in [7, 11) is 0. The molecule has 0 radical (unpaired) electrons. The van der Waals surface area contributed by atoms with Crippen molar-refractivity contribution in [3.05, 3.63) is 68.5 Å². The Kier molecular flexibility index (Phi) is 4.04. The number of aryl methyl sites for hydroxylation is 2. The van der Waals surface area contributed by atoms with Crippen LogP contribution in [0.5, 0.6) is 0 Å². The zero-order chi connectivity index (χ0) is 16.7. The third-order valence-corrected chi connectivity index (χ3v) is 5.40. The quantitative estimate of drug-likeness (QED) is 0.646. The van der Waals surface area contributed by atoms with Gasteiger partial charge >= 0.3 is 0 Å². The molecule has 4 rings (SSSR count). The summed E-state index contributed by atoms with van der Waals surface area (Å²) >= 11 is 13.4. The van der Waals surface area contributed by atoms with Gasteiger partial charge in [-0.1, -0.05) is 47.5 Å². The number of carbonyl (C=O) groups excluding carboxylic acids is 1. The largest absolute Gasteiger partial charge is 0.298 e. The zero-order valence-electron chi connectivity index (χ0n) is 12.5. The Hall–Kier alpha value is -1.88. The molecule has 0 atom stereocenters. The van der Waals surface area contributed by atoms with E-state index in [4.69, 9.17) is 23.2 Å². The number of halogens is 2. The molecule has 1 N–H and O–H groups in total. The molecule has 3 aromatic rings. The topological polar surface area (TPSA) is 42.0 Å². The molecule has 0 saturated carbocycles. The number of hydrogen-bond donors (Lipinski definition) is 1. The average Bonchev–Trinajstić information content (AvgIpc) is 2.97. The number of amides is 1. The van der Waals surface area contributed by atoms with Gasteiger partial charge in [0.05, 0.1) is 5.69 Å². The summed E-state index contributed by atoms with van der Waals surface area (Å²) in [5.41, 5.74) is 3.85. The Bertz CT molecular complexity index is 932. The smallest absolute Gasteiger partial charge is 0.257 e. The second-order valence-corrected chi connectivity index (χ2v) is 7.52. The molecule has 1 heterocycles. The predicted octanol–water partition coefficient (Wildman–Crippen LogP) is 5.47. The fourth-order valence-corrected chi connectivity index (χ4v) is 4.35. The minimum Gasteiger partial charge on any atom is -0.298 e. The molecule has 0 unspecified atom stereocenters. The maximum absolute atomic E-state index is 12.4. The number of hydrogen-bond acceptors (Lipinski definition) is 3. The summed E-state index contributed by atoms with van der Waals surface area (Å²) in [6, 6.07) is 13.0. The lowest BCUT2D eigenvalue weighted by Gasteiger charge is -2.13. The van der Waals surface area contributed by atoms with Crippen LogP contribution in [0.3, 0.4) is 0 Å². The van der Waals surface area contributed by atoms with Crippen molar-refractivity contribution in [2.75, 3.05) is 5.32 Å². The molecule has 1 aliphatic rings. The number of anilines is 1. The van der Waals surface area contributed by atoms with Gasteiger partial charge in [0.1, 0.15) is 0 Å². The summed E-state index contributed by atoms with van der Waals surface area (Å²) in [4.78, 5) is 18.2. The summed E-state index contributed by atoms with van der Waals surface area (Å²) in [5.74, 6) is -0.265. The van der Waals surface area contributed by atoms with Crippen LogP contribution in [0.1, 0.15) is 20.8 Å². The third kappa shape index (κ3) is 2.93. The highest BCUT2D eigenvalue weighted by Gasteiger charge is 2.21. The first-order valence-electron chi connectivity index (χ1n) is 7.45. The molecular weight excluding hydrogens is 363 g/mol. The number of rotatable bonds is 2. The van der Waals surface area contributed by atoms with E-state index in [9.17, 15) is 4.79 Å². The molecule has 0 saturated heterocycles. The van der Waals surface area contributed by atoms with Crippen molar-refractivity contribution in [1.29, 1.82) is 0 Å². The van der Waals surface area contributed by atoms with Crippen LogP contribution in [0, 0.1) is 0 Å². The molecule has 1 aromatic heterocycles. The van der Waals surface area contributed by atoms with Crippen LogP contribution in [0.15, 0.2) is 42.5 Å². The first-order chi connectivity index (χ1) is 11.6. The maximum Gasteiger partial charge on any atom is 0.257 e. The van der Waals surface area contributed by atoms with Gasteiger partial charge in [-0.15, -0.1) is 11.3 Å². The van der Waals surface area contributed by atoms with Crippen molar-refractivity contribution in [3.8, 4) is 11.3 Å². The number of fused-ring (bicyclic) bond motifs is 3. The van der Waals surface area contributed by atoms with Gasteiger partial charge in [0.25, 0.3) is 5.91 Å². The monoisotopic (exact) mass is 374 g/mol. The third-order valence-electron chi connectivity index (χ3n) is 3.94. The van der Waals surface area contributed by atoms with Crippen molar-refractivity contribution >= 4 is 45.6 Å². The fraction of sp³-hybridized carbons (Fsp3) is 0.111. The number of nitrogens with one attached hydrogen (secondary N) is 1. The number of carbonyl (C=O) groups is 1. The van der Waals surface area contributed by atoms with Crippen molar-refractivity contribution in [2.24, 2.45) is 0 Å². The SMILES string of the molecule is O=C(Nc1nc2c(s1)CCc1ccccc1-2)c1cc(Cl)cc(Cl)c1. The van der Waals surface area contributed by atoms with Gasteiger partial charge in [0.2, 0.25) is 0 Å². The molecule has 0 fully saturated rings. The Labute approximate surface area is 153 Å². The molecule has 2 aromatic carbocycles. The van der Waals surface area contributed by atoms with Crippen LogP contribution < -0.4 is 5.32 Å². The number of thiazole rings is 1. The molecule has 24 heavy (non-hydrogen) atoms. The normalized spacial score (nSPS) is 12.4. The molecule has 0 spiro atoms. The average molecular weight is 375 g/mol. The highest BCUT2D eigenvalue weighted by Crippen LogP contribution is 2.38. The Morgan fingerprint density at radius 2 is 1.83 bits per heavy atom. The first kappa shape index (κ1) is 15.6. The van der Waals surface area contributed by atoms with E-state index in [1.807, 2.05) is 12.1 Å². The highest BCUT2D eigenvalue weighted by atomic mass is 35.5. The van der Waals surface area contributed by atoms with Crippen molar-refractivity contribution < 1.29 is 4.79 Å². The second-order valence-electron chi connectivity index (χ2n) is 5.56. The van der Waals surface area contributed by atoms with E-state index >= 15 is 0 Å². The lowest BCUT2D eigenvalue weighted by atomic mass is 9.94. The zero-order valence-corrected chi connectivity index (χ0v) is 14.8. The van der Waals surface area contributed by atoms with E-state index in [1.54, 1.807) is 18.2 Å². The van der Waals surface area contributed by atoms with E-state index in [1.165, 1.54) is 21.8 Å². The van der Waals surface area contributed by atoms with E-state index in [0.29, 0.717) is 20.7 Å². The standard InChI is InChI=1S/C18H12Cl2N2OS/c19-12-7-11(8-13(20)9-12)17(23)22-18-21-16-14-4-2-1-3-10(14)5-6-15(16)24-18/h1-4,7-9H,5-6H2,(H,21,22,23). The van der Waals surface area contributed by atoms with E-state index in [0.717, 1.165) is 24.1 Å². The lowest BCUT2D eigenvalue weighted by molar-refractivity contribution is 0.102. The maximum atomic E-state index is 12.4. The summed E-state index contributed by atoms with van der Waals surface area (Å²) in [6.07, 6.45) is 1.95. The molecule has 0 aliphatic heterocycles. The lowest BCUT2D eigenvalue weighted by Crippen LogP contribution is -2.11. The van der Waals surface area contributed by atoms with Crippen molar-refractivity contribution in [3.63, 3.8) is 0 Å². The Morgan fingerprint density at radius 1 is 1.08 bits per heavy atom. The van der Waals surface area contributed by atoms with Crippen LogP contribution >= 0.6 is 34.5 Å². The number of nitrogens with zero attached hydrogens (tertiary/aromatic N) is 1. The van der Waals surface area contributed by atoms with Gasteiger partial charge in [0, 0.05) is 26.0 Å². The molecule has 120 valence electrons. The Balaban J connectivity index is 1.63. The molecule has 1 amide bonds. The minimum absolute atomic E-state index is 0.265. The molecule has 1 aliphatic carbocycles. The fourth-order valence-electron chi connectivity index (χ4n) is 2.86. The van der Waals surface area contributed by atoms with Crippen LogP contribution in [-0.2, 0) is 12.8 Å². The summed E-state index contributed by atoms with van der Waals surface area (Å²) in [5, 5.41) is 4.31. The van der Waals surface area contributed by atoms with Gasteiger partial charge in [-0.2, -0.15) is 0 Å². The first-order valence-corrected chi connectivity index (χ1v) is 9.03. The summed E-state index contributed by atoms with van der Waals surface area (Å²) < 4.78 is 0. The van der Waals surface area contributed by atoms with Gasteiger partial charge in [-0.25, -0.2) is 4.98 Å². The highest BCUT2D eigenvalue weighted by molar-refractivity contribution is 7.16. The summed E-state index contributed by atoms with van der Waals surface area (Å²) in [6.45, 7) is 0. The van der Waals surface area contributed by atoms with Crippen LogP contribution in [0.4, 0.5) is 5.13 Å². The van der Waals surface area contributed by atoms with E-state index in [2.05, 4.69) is 22.4 Å². The Morgan fingerprint density at radius 3 is 2.62 bits per heavy atom. The van der Waals surface area contributed by atoms with Gasteiger partial charge in [-0.3, -0.25) is 10.1 Å². The predicted molar refractivity (Wildman–Crippen MR) is 99.4 cm³/mol. The second kappa shape index (κ2) is 6.20. The van der Waals surface area contributed by atoms with Crippen molar-refractivity contribution in [1.82, 2.24) is 4.98 Å². The van der Waals surface area contributed by atoms with E-state index < -0.39 is 0 Å². The van der Waals surface area contributed by atoms with Gasteiger partial charge in [0.15, 0.2) is 5.13 Å². The van der Waals surface area contributed by atoms with E-state index in [-0.39, 0.29) is 5.91 Å². The van der Waals surface area contributed by atoms with Crippen LogP contribution in [0.2, 0.25) is 10.0 Å². The van der Waals surface area contributed by atoms with Gasteiger partial charge in [-0.05, 0) is 36.6 Å².